The fraction of sp³-hybridized carbons (Fsp3) is 0.562. The maximum atomic E-state index is 12.6. The van der Waals surface area contributed by atoms with Crippen LogP contribution < -0.4 is 5.73 Å². The van der Waals surface area contributed by atoms with Gasteiger partial charge in [-0.2, -0.15) is 0 Å². The van der Waals surface area contributed by atoms with Crippen molar-refractivity contribution in [3.63, 3.8) is 0 Å². The predicted octanol–water partition coefficient (Wildman–Crippen LogP) is 1.62. The topological polar surface area (TPSA) is 66.6 Å². The molecule has 1 aromatic carbocycles. The molecule has 1 aromatic rings. The highest BCUT2D eigenvalue weighted by Gasteiger charge is 2.38. The molecule has 1 atom stereocenters. The molecule has 1 aliphatic rings. The van der Waals surface area contributed by atoms with E-state index in [1.807, 2.05) is 37.3 Å². The Kier molecular flexibility index (Phi) is 4.16. The van der Waals surface area contributed by atoms with Gasteiger partial charge in [0.25, 0.3) is 0 Å². The summed E-state index contributed by atoms with van der Waals surface area (Å²) in [7, 11) is 0. The highest BCUT2D eigenvalue weighted by atomic mass is 16.3. The van der Waals surface area contributed by atoms with Crippen LogP contribution in [0.15, 0.2) is 30.3 Å². The minimum atomic E-state index is -1.01. The lowest BCUT2D eigenvalue weighted by atomic mass is 9.86. The van der Waals surface area contributed by atoms with E-state index in [-0.39, 0.29) is 5.91 Å². The highest BCUT2D eigenvalue weighted by molar-refractivity contribution is 5.87. The number of nitrogens with two attached hydrogens (primary N) is 1. The Morgan fingerprint density at radius 1 is 1.35 bits per heavy atom. The van der Waals surface area contributed by atoms with Crippen molar-refractivity contribution in [3.05, 3.63) is 35.9 Å². The first kappa shape index (κ1) is 15.0. The lowest BCUT2D eigenvalue weighted by molar-refractivity contribution is -0.141. The molecule has 1 unspecified atom stereocenters. The number of hydrogen-bond donors (Lipinski definition) is 2. The van der Waals surface area contributed by atoms with Gasteiger partial charge in [0.05, 0.1) is 5.60 Å². The van der Waals surface area contributed by atoms with Gasteiger partial charge >= 0.3 is 0 Å². The summed E-state index contributed by atoms with van der Waals surface area (Å²) in [5, 5.41) is 10.2. The molecule has 1 saturated heterocycles. The van der Waals surface area contributed by atoms with Crippen molar-refractivity contribution in [2.45, 2.75) is 44.2 Å². The Morgan fingerprint density at radius 3 is 2.40 bits per heavy atom. The summed E-state index contributed by atoms with van der Waals surface area (Å²) < 4.78 is 0. The van der Waals surface area contributed by atoms with Gasteiger partial charge in [0.2, 0.25) is 5.91 Å². The molecule has 0 spiro atoms. The molecule has 4 nitrogen and oxygen atoms in total. The SMILES string of the molecule is CCC1(O)CCN(C(=O)C(C)(N)c2ccccc2)CC1. The number of nitrogens with zero attached hydrogens (tertiary/aromatic N) is 1. The zero-order valence-electron chi connectivity index (χ0n) is 12.3. The maximum Gasteiger partial charge on any atom is 0.246 e. The summed E-state index contributed by atoms with van der Waals surface area (Å²) in [6.07, 6.45) is 1.98. The quantitative estimate of drug-likeness (QED) is 0.881. The standard InChI is InChI=1S/C16H24N2O2/c1-3-16(20)9-11-18(12-10-16)14(19)15(2,17)13-7-5-4-6-8-13/h4-8,20H,3,9-12,17H2,1-2H3. The highest BCUT2D eigenvalue weighted by Crippen LogP contribution is 2.28. The Balaban J connectivity index is 2.09. The van der Waals surface area contributed by atoms with E-state index in [0.29, 0.717) is 25.9 Å². The van der Waals surface area contributed by atoms with Crippen molar-refractivity contribution in [2.75, 3.05) is 13.1 Å². The number of amides is 1. The third-order valence-electron chi connectivity index (χ3n) is 4.46. The molecule has 2 rings (SSSR count). The van der Waals surface area contributed by atoms with Crippen LogP contribution in [0, 0.1) is 0 Å². The van der Waals surface area contributed by atoms with Gasteiger partial charge in [0, 0.05) is 13.1 Å². The van der Waals surface area contributed by atoms with Crippen molar-refractivity contribution in [2.24, 2.45) is 5.73 Å². The van der Waals surface area contributed by atoms with Gasteiger partial charge in [-0.05, 0) is 31.7 Å². The minimum Gasteiger partial charge on any atom is -0.390 e. The number of aliphatic hydroxyl groups is 1. The van der Waals surface area contributed by atoms with Crippen LogP contribution in [0.3, 0.4) is 0 Å². The van der Waals surface area contributed by atoms with Crippen LogP contribution in [0.4, 0.5) is 0 Å². The number of piperidine rings is 1. The number of hydrogen-bond acceptors (Lipinski definition) is 3. The minimum absolute atomic E-state index is 0.0677. The van der Waals surface area contributed by atoms with Crippen LogP contribution in [-0.2, 0) is 10.3 Å². The molecule has 4 heteroatoms. The number of likely N-dealkylation sites (tertiary alicyclic amines) is 1. The predicted molar refractivity (Wildman–Crippen MR) is 79.0 cm³/mol. The molecular weight excluding hydrogens is 252 g/mol. The number of carbonyl (C=O) groups is 1. The molecule has 0 aliphatic carbocycles. The summed E-state index contributed by atoms with van der Waals surface area (Å²) in [6.45, 7) is 4.88. The third kappa shape index (κ3) is 2.86. The van der Waals surface area contributed by atoms with Crippen LogP contribution in [-0.4, -0.2) is 34.6 Å². The van der Waals surface area contributed by atoms with Crippen molar-refractivity contribution < 1.29 is 9.90 Å². The van der Waals surface area contributed by atoms with Crippen molar-refractivity contribution >= 4 is 5.91 Å². The molecule has 1 heterocycles. The van der Waals surface area contributed by atoms with Gasteiger partial charge in [-0.25, -0.2) is 0 Å². The average molecular weight is 276 g/mol. The molecule has 3 N–H and O–H groups in total. The summed E-state index contributed by atoms with van der Waals surface area (Å²) in [4.78, 5) is 14.4. The zero-order valence-corrected chi connectivity index (χ0v) is 12.3. The van der Waals surface area contributed by atoms with E-state index in [1.165, 1.54) is 0 Å². The van der Waals surface area contributed by atoms with E-state index in [0.717, 1.165) is 12.0 Å². The largest absolute Gasteiger partial charge is 0.390 e. The smallest absolute Gasteiger partial charge is 0.246 e. The Hall–Kier alpha value is -1.39. The first-order valence-electron chi connectivity index (χ1n) is 7.25. The second-order valence-electron chi connectivity index (χ2n) is 5.94. The van der Waals surface area contributed by atoms with Crippen molar-refractivity contribution in [3.8, 4) is 0 Å². The zero-order chi connectivity index (χ0) is 14.8. The van der Waals surface area contributed by atoms with Crippen LogP contribution in [0.25, 0.3) is 0 Å². The number of benzene rings is 1. The molecule has 20 heavy (non-hydrogen) atoms. The van der Waals surface area contributed by atoms with Gasteiger partial charge in [0.1, 0.15) is 5.54 Å². The van der Waals surface area contributed by atoms with Crippen LogP contribution in [0.1, 0.15) is 38.7 Å². The molecule has 1 fully saturated rings. The number of rotatable bonds is 3. The van der Waals surface area contributed by atoms with Gasteiger partial charge in [0.15, 0.2) is 0 Å². The fourth-order valence-corrected chi connectivity index (χ4v) is 2.72. The molecule has 0 bridgehead atoms. The molecular formula is C16H24N2O2. The van der Waals surface area contributed by atoms with Crippen LogP contribution in [0.2, 0.25) is 0 Å². The summed E-state index contributed by atoms with van der Waals surface area (Å²) in [5.41, 5.74) is 5.45. The van der Waals surface area contributed by atoms with Gasteiger partial charge in [-0.1, -0.05) is 37.3 Å². The van der Waals surface area contributed by atoms with Gasteiger partial charge in [-0.3, -0.25) is 4.79 Å². The van der Waals surface area contributed by atoms with Gasteiger partial charge in [-0.15, -0.1) is 0 Å². The Morgan fingerprint density at radius 2 is 1.90 bits per heavy atom. The Bertz CT molecular complexity index is 463. The molecule has 0 radical (unpaired) electrons. The fourth-order valence-electron chi connectivity index (χ4n) is 2.72. The summed E-state index contributed by atoms with van der Waals surface area (Å²) >= 11 is 0. The molecule has 0 saturated carbocycles. The molecule has 110 valence electrons. The molecule has 0 aromatic heterocycles. The molecule has 1 amide bonds. The summed E-state index contributed by atoms with van der Waals surface area (Å²) in [6, 6.07) is 9.44. The molecule has 1 aliphatic heterocycles. The first-order valence-corrected chi connectivity index (χ1v) is 7.25. The van der Waals surface area contributed by atoms with E-state index < -0.39 is 11.1 Å². The first-order chi connectivity index (χ1) is 9.39. The van der Waals surface area contributed by atoms with Crippen molar-refractivity contribution in [1.29, 1.82) is 0 Å². The van der Waals surface area contributed by atoms with Gasteiger partial charge < -0.3 is 15.7 Å². The second kappa shape index (κ2) is 5.54. The average Bonchev–Trinajstić information content (AvgIpc) is 2.48. The monoisotopic (exact) mass is 276 g/mol. The van der Waals surface area contributed by atoms with E-state index >= 15 is 0 Å². The number of carbonyl (C=O) groups excluding carboxylic acids is 1. The lowest BCUT2D eigenvalue weighted by Gasteiger charge is -2.40. The van der Waals surface area contributed by atoms with Crippen molar-refractivity contribution in [1.82, 2.24) is 4.90 Å². The third-order valence-corrected chi connectivity index (χ3v) is 4.46. The normalized spacial score (nSPS) is 21.3. The van der Waals surface area contributed by atoms with E-state index in [9.17, 15) is 9.90 Å². The van der Waals surface area contributed by atoms with E-state index in [2.05, 4.69) is 0 Å². The van der Waals surface area contributed by atoms with E-state index in [1.54, 1.807) is 11.8 Å². The van der Waals surface area contributed by atoms with E-state index in [4.69, 9.17) is 5.73 Å². The summed E-state index contributed by atoms with van der Waals surface area (Å²) in [5.74, 6) is -0.0677. The van der Waals surface area contributed by atoms with Crippen LogP contribution in [0.5, 0.6) is 0 Å². The second-order valence-corrected chi connectivity index (χ2v) is 5.94. The Labute approximate surface area is 120 Å². The van der Waals surface area contributed by atoms with Crippen LogP contribution >= 0.6 is 0 Å². The lowest BCUT2D eigenvalue weighted by Crippen LogP contribution is -2.55. The maximum absolute atomic E-state index is 12.6.